The van der Waals surface area contributed by atoms with E-state index in [9.17, 15) is 18.0 Å². The number of halogens is 3. The number of aryl methyl sites for hydroxylation is 2. The van der Waals surface area contributed by atoms with E-state index in [1.807, 2.05) is 24.8 Å². The first-order valence-electron chi connectivity index (χ1n) is 8.78. The molecule has 1 aromatic heterocycles. The summed E-state index contributed by atoms with van der Waals surface area (Å²) in [5.74, 6) is -0.0880. The highest BCUT2D eigenvalue weighted by Crippen LogP contribution is 2.35. The van der Waals surface area contributed by atoms with E-state index >= 15 is 0 Å². The largest absolute Gasteiger partial charge is 0.418 e. The first kappa shape index (κ1) is 19.1. The zero-order valence-corrected chi connectivity index (χ0v) is 15.2. The van der Waals surface area contributed by atoms with Gasteiger partial charge in [-0.25, -0.2) is 9.97 Å². The van der Waals surface area contributed by atoms with Crippen molar-refractivity contribution in [2.45, 2.75) is 32.9 Å². The van der Waals surface area contributed by atoms with Crippen LogP contribution < -0.4 is 10.2 Å². The molecule has 1 N–H and O–H groups in total. The summed E-state index contributed by atoms with van der Waals surface area (Å²) >= 11 is 0. The van der Waals surface area contributed by atoms with E-state index in [2.05, 4.69) is 15.3 Å². The van der Waals surface area contributed by atoms with Crippen molar-refractivity contribution in [3.63, 3.8) is 0 Å². The molecule has 0 radical (unpaired) electrons. The second-order valence-electron chi connectivity index (χ2n) is 6.74. The molecule has 0 saturated carbocycles. The summed E-state index contributed by atoms with van der Waals surface area (Å²) in [5, 5.41) is 2.45. The highest BCUT2D eigenvalue weighted by molar-refractivity contribution is 5.93. The topological polar surface area (TPSA) is 58.1 Å². The van der Waals surface area contributed by atoms with Crippen LogP contribution in [0.5, 0.6) is 0 Å². The molecule has 1 amide bonds. The summed E-state index contributed by atoms with van der Waals surface area (Å²) in [4.78, 5) is 23.3. The van der Waals surface area contributed by atoms with E-state index in [0.29, 0.717) is 31.9 Å². The summed E-state index contributed by atoms with van der Waals surface area (Å²) in [5.41, 5.74) is 0.719. The lowest BCUT2D eigenvalue weighted by Crippen LogP contribution is -2.39. The van der Waals surface area contributed by atoms with Gasteiger partial charge < -0.3 is 10.2 Å². The van der Waals surface area contributed by atoms with Gasteiger partial charge in [0, 0.05) is 30.4 Å². The Kier molecular flexibility index (Phi) is 5.34. The Morgan fingerprint density at radius 1 is 1.11 bits per heavy atom. The number of amides is 1. The lowest BCUT2D eigenvalue weighted by atomic mass is 9.96. The van der Waals surface area contributed by atoms with Crippen molar-refractivity contribution >= 4 is 17.5 Å². The molecule has 27 heavy (non-hydrogen) atoms. The summed E-state index contributed by atoms with van der Waals surface area (Å²) in [6.07, 6.45) is -3.43. The van der Waals surface area contributed by atoms with E-state index in [0.717, 1.165) is 17.5 Å². The molecular formula is C19H21F3N4O. The quantitative estimate of drug-likeness (QED) is 0.878. The normalized spacial score (nSPS) is 15.7. The van der Waals surface area contributed by atoms with Crippen LogP contribution in [0.1, 0.15) is 29.8 Å². The first-order valence-corrected chi connectivity index (χ1v) is 8.78. The maximum atomic E-state index is 13.1. The minimum absolute atomic E-state index is 0.199. The van der Waals surface area contributed by atoms with Gasteiger partial charge in [-0.2, -0.15) is 13.2 Å². The summed E-state index contributed by atoms with van der Waals surface area (Å²) in [6, 6.07) is 6.92. The fourth-order valence-electron chi connectivity index (χ4n) is 3.26. The van der Waals surface area contributed by atoms with Crippen LogP contribution in [0, 0.1) is 19.8 Å². The van der Waals surface area contributed by atoms with Gasteiger partial charge in [0.2, 0.25) is 11.9 Å². The molecule has 0 atom stereocenters. The predicted molar refractivity (Wildman–Crippen MR) is 96.5 cm³/mol. The minimum Gasteiger partial charge on any atom is -0.341 e. The van der Waals surface area contributed by atoms with E-state index in [1.54, 1.807) is 0 Å². The third-order valence-electron chi connectivity index (χ3n) is 4.61. The van der Waals surface area contributed by atoms with Crippen LogP contribution in [0.4, 0.5) is 24.8 Å². The molecule has 2 aromatic rings. The molecule has 1 aliphatic heterocycles. The van der Waals surface area contributed by atoms with Crippen molar-refractivity contribution in [2.24, 2.45) is 5.92 Å². The van der Waals surface area contributed by atoms with Crippen molar-refractivity contribution in [2.75, 3.05) is 23.3 Å². The molecule has 0 unspecified atom stereocenters. The number of nitrogens with zero attached hydrogens (tertiary/aromatic N) is 3. The molecule has 8 heteroatoms. The summed E-state index contributed by atoms with van der Waals surface area (Å²) < 4.78 is 39.2. The fourth-order valence-corrected chi connectivity index (χ4v) is 3.26. The number of para-hydroxylation sites is 1. The molecule has 0 bridgehead atoms. The van der Waals surface area contributed by atoms with Crippen LogP contribution >= 0.6 is 0 Å². The van der Waals surface area contributed by atoms with Gasteiger partial charge in [0.05, 0.1) is 11.3 Å². The second-order valence-corrected chi connectivity index (χ2v) is 6.74. The second kappa shape index (κ2) is 7.54. The number of carbonyl (C=O) groups excluding carboxylic acids is 1. The van der Waals surface area contributed by atoms with E-state index in [1.165, 1.54) is 18.2 Å². The first-order chi connectivity index (χ1) is 12.7. The average Bonchev–Trinajstić information content (AvgIpc) is 2.60. The molecular weight excluding hydrogens is 357 g/mol. The number of nitrogens with one attached hydrogen (secondary N) is 1. The van der Waals surface area contributed by atoms with Crippen LogP contribution in [0.2, 0.25) is 0 Å². The molecule has 1 aromatic carbocycles. The Bertz CT molecular complexity index is 810. The summed E-state index contributed by atoms with van der Waals surface area (Å²) in [7, 11) is 0. The van der Waals surface area contributed by atoms with Crippen molar-refractivity contribution < 1.29 is 18.0 Å². The maximum absolute atomic E-state index is 13.1. The SMILES string of the molecule is Cc1cc(C)nc(N2CCC(C(=O)Nc3ccccc3C(F)(F)F)CC2)n1. The molecule has 1 fully saturated rings. The monoisotopic (exact) mass is 378 g/mol. The lowest BCUT2D eigenvalue weighted by Gasteiger charge is -2.31. The standard InChI is InChI=1S/C19H21F3N4O/c1-12-11-13(2)24-18(23-12)26-9-7-14(8-10-26)17(27)25-16-6-4-3-5-15(16)19(20,21)22/h3-6,11,14H,7-10H2,1-2H3,(H,25,27). The Morgan fingerprint density at radius 3 is 2.30 bits per heavy atom. The maximum Gasteiger partial charge on any atom is 0.418 e. The molecule has 144 valence electrons. The molecule has 0 spiro atoms. The number of aromatic nitrogens is 2. The third kappa shape index (κ3) is 4.56. The highest BCUT2D eigenvalue weighted by Gasteiger charge is 2.34. The Balaban J connectivity index is 1.64. The fraction of sp³-hybridized carbons (Fsp3) is 0.421. The lowest BCUT2D eigenvalue weighted by molar-refractivity contribution is -0.137. The van der Waals surface area contributed by atoms with E-state index < -0.39 is 11.7 Å². The van der Waals surface area contributed by atoms with Gasteiger partial charge in [-0.15, -0.1) is 0 Å². The Morgan fingerprint density at radius 2 is 1.70 bits per heavy atom. The Labute approximate surface area is 155 Å². The predicted octanol–water partition coefficient (Wildman–Crippen LogP) is 3.97. The smallest absolute Gasteiger partial charge is 0.341 e. The number of hydrogen-bond acceptors (Lipinski definition) is 4. The third-order valence-corrected chi connectivity index (χ3v) is 4.61. The number of anilines is 2. The van der Waals surface area contributed by atoms with E-state index in [4.69, 9.17) is 0 Å². The number of carbonyl (C=O) groups is 1. The number of rotatable bonds is 3. The molecule has 1 aliphatic rings. The van der Waals surface area contributed by atoms with Crippen LogP contribution in [0.3, 0.4) is 0 Å². The van der Waals surface area contributed by atoms with Gasteiger partial charge in [-0.3, -0.25) is 4.79 Å². The van der Waals surface area contributed by atoms with Crippen molar-refractivity contribution in [3.8, 4) is 0 Å². The number of piperidine rings is 1. The van der Waals surface area contributed by atoms with Gasteiger partial charge in [0.1, 0.15) is 0 Å². The molecule has 3 rings (SSSR count). The van der Waals surface area contributed by atoms with Gasteiger partial charge in [0.25, 0.3) is 0 Å². The number of alkyl halides is 3. The number of hydrogen-bond donors (Lipinski definition) is 1. The van der Waals surface area contributed by atoms with Crippen molar-refractivity contribution in [1.29, 1.82) is 0 Å². The van der Waals surface area contributed by atoms with Gasteiger partial charge >= 0.3 is 6.18 Å². The zero-order valence-electron chi connectivity index (χ0n) is 15.2. The van der Waals surface area contributed by atoms with Crippen LogP contribution in [-0.2, 0) is 11.0 Å². The van der Waals surface area contributed by atoms with Gasteiger partial charge in [-0.1, -0.05) is 12.1 Å². The Hall–Kier alpha value is -2.64. The molecule has 2 heterocycles. The zero-order chi connectivity index (χ0) is 19.6. The molecule has 0 aliphatic carbocycles. The van der Waals surface area contributed by atoms with Gasteiger partial charge in [0.15, 0.2) is 0 Å². The van der Waals surface area contributed by atoms with Crippen LogP contribution in [0.25, 0.3) is 0 Å². The van der Waals surface area contributed by atoms with Gasteiger partial charge in [-0.05, 0) is 44.9 Å². The highest BCUT2D eigenvalue weighted by atomic mass is 19.4. The average molecular weight is 378 g/mol. The molecule has 5 nitrogen and oxygen atoms in total. The number of benzene rings is 1. The minimum atomic E-state index is -4.51. The van der Waals surface area contributed by atoms with E-state index in [-0.39, 0.29) is 17.5 Å². The van der Waals surface area contributed by atoms with Crippen LogP contribution in [0.15, 0.2) is 30.3 Å². The van der Waals surface area contributed by atoms with Crippen molar-refractivity contribution in [1.82, 2.24) is 9.97 Å². The van der Waals surface area contributed by atoms with Crippen LogP contribution in [-0.4, -0.2) is 29.0 Å². The molecule has 1 saturated heterocycles. The van der Waals surface area contributed by atoms with Crippen molar-refractivity contribution in [3.05, 3.63) is 47.3 Å². The summed E-state index contributed by atoms with van der Waals surface area (Å²) in [6.45, 7) is 4.97.